The molecule has 5 heteroatoms. The molecule has 5 nitrogen and oxygen atoms in total. The molecule has 0 aliphatic carbocycles. The van der Waals surface area contributed by atoms with E-state index in [0.29, 0.717) is 17.7 Å². The molecule has 0 saturated heterocycles. The summed E-state index contributed by atoms with van der Waals surface area (Å²) < 4.78 is 4.70. The standard InChI is InChI=1S/C19H16N2O3/c1-24-19(23)14-6-4-5-13(11-14)12-21-18(22)16-9-10-20-17-8-3-2-7-15(16)17/h2-11H,12H2,1H3,(H,21,22). The van der Waals surface area contributed by atoms with Gasteiger partial charge in [-0.05, 0) is 29.8 Å². The molecule has 120 valence electrons. The molecule has 2 aromatic carbocycles. The fourth-order valence-electron chi connectivity index (χ4n) is 2.50. The highest BCUT2D eigenvalue weighted by atomic mass is 16.5. The minimum absolute atomic E-state index is 0.183. The van der Waals surface area contributed by atoms with Crippen LogP contribution in [-0.4, -0.2) is 24.0 Å². The molecule has 0 atom stereocenters. The molecule has 0 unspecified atom stereocenters. The molecule has 1 N–H and O–H groups in total. The molecule has 0 spiro atoms. The average Bonchev–Trinajstić information content (AvgIpc) is 2.65. The van der Waals surface area contributed by atoms with Crippen LogP contribution in [0.15, 0.2) is 60.8 Å². The zero-order chi connectivity index (χ0) is 16.9. The second kappa shape index (κ2) is 6.91. The summed E-state index contributed by atoms with van der Waals surface area (Å²) in [6.07, 6.45) is 1.62. The van der Waals surface area contributed by atoms with Crippen molar-refractivity contribution < 1.29 is 14.3 Å². The van der Waals surface area contributed by atoms with E-state index in [4.69, 9.17) is 4.74 Å². The maximum absolute atomic E-state index is 12.5. The zero-order valence-corrected chi connectivity index (χ0v) is 13.2. The molecule has 1 aromatic heterocycles. The fourth-order valence-corrected chi connectivity index (χ4v) is 2.50. The third-order valence-corrected chi connectivity index (χ3v) is 3.69. The Hall–Kier alpha value is -3.21. The molecule has 0 saturated carbocycles. The van der Waals surface area contributed by atoms with Crippen molar-refractivity contribution in [2.24, 2.45) is 0 Å². The van der Waals surface area contributed by atoms with Crippen LogP contribution in [0.1, 0.15) is 26.3 Å². The van der Waals surface area contributed by atoms with Crippen LogP contribution in [-0.2, 0) is 11.3 Å². The van der Waals surface area contributed by atoms with E-state index < -0.39 is 5.97 Å². The Morgan fingerprint density at radius 1 is 1.08 bits per heavy atom. The Bertz CT molecular complexity index is 901. The maximum Gasteiger partial charge on any atom is 0.337 e. The molecule has 24 heavy (non-hydrogen) atoms. The number of ether oxygens (including phenoxy) is 1. The number of methoxy groups -OCH3 is 1. The predicted molar refractivity (Wildman–Crippen MR) is 90.7 cm³/mol. The van der Waals surface area contributed by atoms with Gasteiger partial charge in [-0.15, -0.1) is 0 Å². The second-order valence-electron chi connectivity index (χ2n) is 5.25. The van der Waals surface area contributed by atoms with Crippen molar-refractivity contribution >= 4 is 22.8 Å². The number of fused-ring (bicyclic) bond motifs is 1. The number of esters is 1. The van der Waals surface area contributed by atoms with Crippen LogP contribution in [0.2, 0.25) is 0 Å². The number of aromatic nitrogens is 1. The van der Waals surface area contributed by atoms with Gasteiger partial charge in [-0.3, -0.25) is 9.78 Å². The Balaban J connectivity index is 1.77. The van der Waals surface area contributed by atoms with Crippen LogP contribution in [0.5, 0.6) is 0 Å². The van der Waals surface area contributed by atoms with E-state index in [0.717, 1.165) is 16.5 Å². The molecule has 1 heterocycles. The molecule has 0 aliphatic heterocycles. The quantitative estimate of drug-likeness (QED) is 0.751. The smallest absolute Gasteiger partial charge is 0.337 e. The van der Waals surface area contributed by atoms with E-state index in [2.05, 4.69) is 10.3 Å². The van der Waals surface area contributed by atoms with Gasteiger partial charge in [-0.2, -0.15) is 0 Å². The van der Waals surface area contributed by atoms with Crippen LogP contribution in [0.4, 0.5) is 0 Å². The lowest BCUT2D eigenvalue weighted by molar-refractivity contribution is 0.0600. The minimum atomic E-state index is -0.400. The first-order valence-corrected chi connectivity index (χ1v) is 7.48. The van der Waals surface area contributed by atoms with Crippen molar-refractivity contribution in [3.8, 4) is 0 Å². The monoisotopic (exact) mass is 320 g/mol. The molecular weight excluding hydrogens is 304 g/mol. The van der Waals surface area contributed by atoms with Gasteiger partial charge in [0, 0.05) is 18.1 Å². The molecule has 0 aliphatic rings. The maximum atomic E-state index is 12.5. The molecule has 0 radical (unpaired) electrons. The average molecular weight is 320 g/mol. The summed E-state index contributed by atoms with van der Waals surface area (Å²) in [6.45, 7) is 0.320. The Morgan fingerprint density at radius 2 is 1.92 bits per heavy atom. The first-order chi connectivity index (χ1) is 11.7. The van der Waals surface area contributed by atoms with Gasteiger partial charge in [-0.25, -0.2) is 4.79 Å². The topological polar surface area (TPSA) is 68.3 Å². The number of para-hydroxylation sites is 1. The van der Waals surface area contributed by atoms with E-state index in [9.17, 15) is 9.59 Å². The minimum Gasteiger partial charge on any atom is -0.465 e. The number of hydrogen-bond acceptors (Lipinski definition) is 4. The number of rotatable bonds is 4. The van der Waals surface area contributed by atoms with Crippen molar-refractivity contribution in [2.45, 2.75) is 6.54 Å². The summed E-state index contributed by atoms with van der Waals surface area (Å²) >= 11 is 0. The fraction of sp³-hybridized carbons (Fsp3) is 0.105. The van der Waals surface area contributed by atoms with Gasteiger partial charge in [0.25, 0.3) is 5.91 Å². The number of carbonyl (C=O) groups is 2. The van der Waals surface area contributed by atoms with Crippen molar-refractivity contribution in [2.75, 3.05) is 7.11 Å². The van der Waals surface area contributed by atoms with Gasteiger partial charge in [0.05, 0.1) is 23.8 Å². The van der Waals surface area contributed by atoms with Gasteiger partial charge >= 0.3 is 5.97 Å². The van der Waals surface area contributed by atoms with Crippen molar-refractivity contribution in [1.82, 2.24) is 10.3 Å². The normalized spacial score (nSPS) is 10.4. The molecule has 0 fully saturated rings. The highest BCUT2D eigenvalue weighted by molar-refractivity contribution is 6.05. The summed E-state index contributed by atoms with van der Waals surface area (Å²) in [6, 6.07) is 16.2. The lowest BCUT2D eigenvalue weighted by Gasteiger charge is -2.08. The van der Waals surface area contributed by atoms with E-state index in [1.165, 1.54) is 7.11 Å². The Kier molecular flexibility index (Phi) is 4.52. The van der Waals surface area contributed by atoms with Crippen LogP contribution in [0.3, 0.4) is 0 Å². The van der Waals surface area contributed by atoms with Crippen LogP contribution in [0, 0.1) is 0 Å². The molecule has 0 bridgehead atoms. The number of pyridine rings is 1. The van der Waals surface area contributed by atoms with Crippen LogP contribution >= 0.6 is 0 Å². The van der Waals surface area contributed by atoms with E-state index in [1.54, 1.807) is 30.5 Å². The number of carbonyl (C=O) groups excluding carboxylic acids is 2. The predicted octanol–water partition coefficient (Wildman–Crippen LogP) is 2.95. The van der Waals surface area contributed by atoms with E-state index in [1.807, 2.05) is 30.3 Å². The van der Waals surface area contributed by atoms with Gasteiger partial charge in [0.15, 0.2) is 0 Å². The highest BCUT2D eigenvalue weighted by Crippen LogP contribution is 2.16. The number of amides is 1. The number of nitrogens with zero attached hydrogens (tertiary/aromatic N) is 1. The van der Waals surface area contributed by atoms with Crippen molar-refractivity contribution in [3.05, 3.63) is 77.5 Å². The number of hydrogen-bond donors (Lipinski definition) is 1. The van der Waals surface area contributed by atoms with Gasteiger partial charge in [-0.1, -0.05) is 30.3 Å². The van der Waals surface area contributed by atoms with Gasteiger partial charge in [0.1, 0.15) is 0 Å². The Labute approximate surface area is 139 Å². The molecular formula is C19H16N2O3. The lowest BCUT2D eigenvalue weighted by Crippen LogP contribution is -2.23. The van der Waals surface area contributed by atoms with Crippen molar-refractivity contribution in [1.29, 1.82) is 0 Å². The third kappa shape index (κ3) is 3.25. The van der Waals surface area contributed by atoms with E-state index in [-0.39, 0.29) is 5.91 Å². The summed E-state index contributed by atoms with van der Waals surface area (Å²) in [7, 11) is 1.34. The third-order valence-electron chi connectivity index (χ3n) is 3.69. The first kappa shape index (κ1) is 15.7. The van der Waals surface area contributed by atoms with Crippen LogP contribution < -0.4 is 5.32 Å². The summed E-state index contributed by atoms with van der Waals surface area (Å²) in [5, 5.41) is 3.68. The van der Waals surface area contributed by atoms with Crippen molar-refractivity contribution in [3.63, 3.8) is 0 Å². The largest absolute Gasteiger partial charge is 0.465 e. The van der Waals surface area contributed by atoms with Gasteiger partial charge < -0.3 is 10.1 Å². The summed E-state index contributed by atoms with van der Waals surface area (Å²) in [5.74, 6) is -0.583. The molecule has 3 aromatic rings. The van der Waals surface area contributed by atoms with E-state index >= 15 is 0 Å². The highest BCUT2D eigenvalue weighted by Gasteiger charge is 2.11. The van der Waals surface area contributed by atoms with Crippen LogP contribution in [0.25, 0.3) is 10.9 Å². The Morgan fingerprint density at radius 3 is 2.75 bits per heavy atom. The van der Waals surface area contributed by atoms with Gasteiger partial charge in [0.2, 0.25) is 0 Å². The SMILES string of the molecule is COC(=O)c1cccc(CNC(=O)c2ccnc3ccccc23)c1. The molecule has 1 amide bonds. The zero-order valence-electron chi connectivity index (χ0n) is 13.2. The number of benzene rings is 2. The lowest BCUT2D eigenvalue weighted by atomic mass is 10.1. The summed E-state index contributed by atoms with van der Waals surface area (Å²) in [5.41, 5.74) is 2.63. The number of nitrogens with one attached hydrogen (secondary N) is 1. The summed E-state index contributed by atoms with van der Waals surface area (Å²) in [4.78, 5) is 28.3. The first-order valence-electron chi connectivity index (χ1n) is 7.48. The second-order valence-corrected chi connectivity index (χ2v) is 5.25. The molecule has 3 rings (SSSR count).